The molecule has 12 heteroatoms. The van der Waals surface area contributed by atoms with E-state index < -0.39 is 34.5 Å². The van der Waals surface area contributed by atoms with Crippen molar-refractivity contribution in [1.29, 1.82) is 0 Å². The van der Waals surface area contributed by atoms with Crippen LogP contribution in [0, 0.1) is 0 Å². The fourth-order valence-electron chi connectivity index (χ4n) is 2.43. The second kappa shape index (κ2) is 3.91. The van der Waals surface area contributed by atoms with E-state index in [-0.39, 0.29) is 12.2 Å². The molecular formula is C8H8N4O7S. The van der Waals surface area contributed by atoms with Gasteiger partial charge >= 0.3 is 22.4 Å². The lowest BCUT2D eigenvalue weighted by Gasteiger charge is -2.26. The van der Waals surface area contributed by atoms with Crippen LogP contribution in [-0.2, 0) is 19.5 Å². The summed E-state index contributed by atoms with van der Waals surface area (Å²) in [6.07, 6.45) is 1.28. The number of aromatic amines is 1. The van der Waals surface area contributed by atoms with E-state index in [0.717, 1.165) is 4.90 Å². The highest BCUT2D eigenvalue weighted by atomic mass is 32.3. The molecule has 20 heavy (non-hydrogen) atoms. The molecule has 3 rings (SSSR count). The highest BCUT2D eigenvalue weighted by Crippen LogP contribution is 2.43. The van der Waals surface area contributed by atoms with E-state index in [0.29, 0.717) is 10.6 Å². The third-order valence-electron chi connectivity index (χ3n) is 3.14. The topological polar surface area (TPSA) is 153 Å². The highest BCUT2D eigenvalue weighted by molar-refractivity contribution is 7.80. The lowest BCUT2D eigenvalue weighted by molar-refractivity contribution is -0.142. The van der Waals surface area contributed by atoms with E-state index in [2.05, 4.69) is 14.5 Å². The summed E-state index contributed by atoms with van der Waals surface area (Å²) in [5, 5.41) is 15.8. The van der Waals surface area contributed by atoms with E-state index >= 15 is 0 Å². The molecule has 2 amide bonds. The first-order valence-electron chi connectivity index (χ1n) is 5.32. The average Bonchev–Trinajstić information content (AvgIpc) is 2.88. The molecule has 3 heterocycles. The minimum atomic E-state index is -4.90. The summed E-state index contributed by atoms with van der Waals surface area (Å²) < 4.78 is 34.4. The molecule has 11 nitrogen and oxygen atoms in total. The number of nitrogens with one attached hydrogen (secondary N) is 1. The molecule has 0 unspecified atom stereocenters. The van der Waals surface area contributed by atoms with Crippen molar-refractivity contribution in [3.8, 4) is 0 Å². The Morgan fingerprint density at radius 3 is 2.85 bits per heavy atom. The molecule has 1 fully saturated rings. The fraction of sp³-hybridized carbons (Fsp3) is 0.375. The zero-order valence-electron chi connectivity index (χ0n) is 9.62. The van der Waals surface area contributed by atoms with Gasteiger partial charge in [-0.1, -0.05) is 0 Å². The molecule has 0 aliphatic carbocycles. The van der Waals surface area contributed by atoms with Crippen LogP contribution >= 0.6 is 0 Å². The summed E-state index contributed by atoms with van der Waals surface area (Å²) in [5.41, 5.74) is 0.492. The number of hydrogen-bond acceptors (Lipinski definition) is 6. The van der Waals surface area contributed by atoms with Gasteiger partial charge < -0.3 is 10.0 Å². The first-order valence-corrected chi connectivity index (χ1v) is 6.69. The average molecular weight is 304 g/mol. The van der Waals surface area contributed by atoms with Crippen molar-refractivity contribution in [3.05, 3.63) is 17.5 Å². The number of aliphatic carboxylic acids is 1. The molecule has 1 aromatic rings. The summed E-state index contributed by atoms with van der Waals surface area (Å²) in [7, 11) is -4.90. The maximum absolute atomic E-state index is 12.0. The summed E-state index contributed by atoms with van der Waals surface area (Å²) in [6.45, 7) is -0.0855. The normalized spacial score (nSPS) is 24.9. The maximum atomic E-state index is 12.0. The molecular weight excluding hydrogens is 296 g/mol. The fourth-order valence-corrected chi connectivity index (χ4v) is 2.80. The predicted octanol–water partition coefficient (Wildman–Crippen LogP) is -0.938. The van der Waals surface area contributed by atoms with E-state index in [9.17, 15) is 23.1 Å². The smallest absolute Gasteiger partial charge is 0.418 e. The van der Waals surface area contributed by atoms with Gasteiger partial charge in [-0.3, -0.25) is 9.65 Å². The van der Waals surface area contributed by atoms with E-state index in [1.165, 1.54) is 6.20 Å². The van der Waals surface area contributed by atoms with Crippen molar-refractivity contribution in [3.63, 3.8) is 0 Å². The maximum Gasteiger partial charge on any atom is 0.418 e. The molecule has 108 valence electrons. The first-order chi connectivity index (χ1) is 9.29. The number of hydrogen-bond donors (Lipinski definition) is 3. The zero-order chi connectivity index (χ0) is 14.7. The number of carboxylic acids is 1. The number of nitrogens with zero attached hydrogens (tertiary/aromatic N) is 3. The molecule has 0 spiro atoms. The summed E-state index contributed by atoms with van der Waals surface area (Å²) >= 11 is 0. The molecule has 3 N–H and O–H groups in total. The van der Waals surface area contributed by atoms with Crippen molar-refractivity contribution in [1.82, 2.24) is 20.2 Å². The standard InChI is InChI=1S/C8H8N4O7S/c13-7(14)6-5-3(1-9-10-5)4-2-11(6)8(15)12(4)19-20(16,17)18/h1,4,6H,2H2,(H,9,10)(H,13,14)(H,16,17,18)/t4-,6+/m1/s1. The van der Waals surface area contributed by atoms with E-state index in [1.807, 2.05) is 0 Å². The quantitative estimate of drug-likeness (QED) is 0.605. The van der Waals surface area contributed by atoms with Gasteiger partial charge in [0.1, 0.15) is 6.04 Å². The molecule has 0 radical (unpaired) electrons. The minimum Gasteiger partial charge on any atom is -0.479 e. The number of carbonyl (C=O) groups is 2. The van der Waals surface area contributed by atoms with Crippen molar-refractivity contribution >= 4 is 22.4 Å². The van der Waals surface area contributed by atoms with Gasteiger partial charge in [0.2, 0.25) is 0 Å². The number of fused-ring (bicyclic) bond motifs is 4. The Hall–Kier alpha value is -2.18. The third kappa shape index (κ3) is 1.73. The molecule has 1 aromatic heterocycles. The van der Waals surface area contributed by atoms with Crippen LogP contribution < -0.4 is 0 Å². The summed E-state index contributed by atoms with van der Waals surface area (Å²) in [4.78, 5) is 24.2. The van der Waals surface area contributed by atoms with E-state index in [1.54, 1.807) is 0 Å². The van der Waals surface area contributed by atoms with Gasteiger partial charge in [0, 0.05) is 5.56 Å². The minimum absolute atomic E-state index is 0.0855. The molecule has 1 saturated heterocycles. The predicted molar refractivity (Wildman–Crippen MR) is 58.3 cm³/mol. The van der Waals surface area contributed by atoms with Crippen molar-refractivity contribution in [2.24, 2.45) is 0 Å². The Balaban J connectivity index is 2.07. The first kappa shape index (κ1) is 12.8. The van der Waals surface area contributed by atoms with Gasteiger partial charge in [0.05, 0.1) is 18.4 Å². The third-order valence-corrected chi connectivity index (χ3v) is 3.49. The van der Waals surface area contributed by atoms with Crippen LogP contribution in [0.3, 0.4) is 0 Å². The number of carbonyl (C=O) groups excluding carboxylic acids is 1. The van der Waals surface area contributed by atoms with Crippen LogP contribution in [0.1, 0.15) is 23.3 Å². The van der Waals surface area contributed by atoms with Crippen molar-refractivity contribution in [2.45, 2.75) is 12.1 Å². The zero-order valence-corrected chi connectivity index (χ0v) is 10.4. The molecule has 2 atom stereocenters. The largest absolute Gasteiger partial charge is 0.479 e. The number of H-pyrrole nitrogens is 1. The van der Waals surface area contributed by atoms with Gasteiger partial charge in [-0.05, 0) is 0 Å². The van der Waals surface area contributed by atoms with Crippen LogP contribution in [0.25, 0.3) is 0 Å². The molecule has 0 aromatic carbocycles. The second-order valence-corrected chi connectivity index (χ2v) is 5.26. The van der Waals surface area contributed by atoms with Crippen molar-refractivity contribution in [2.75, 3.05) is 6.54 Å². The highest BCUT2D eigenvalue weighted by Gasteiger charge is 2.53. The van der Waals surface area contributed by atoms with Gasteiger partial charge in [-0.2, -0.15) is 18.6 Å². The van der Waals surface area contributed by atoms with Gasteiger partial charge in [-0.15, -0.1) is 4.28 Å². The van der Waals surface area contributed by atoms with Crippen LogP contribution in [0.5, 0.6) is 0 Å². The van der Waals surface area contributed by atoms with Gasteiger partial charge in [0.15, 0.2) is 6.04 Å². The van der Waals surface area contributed by atoms with Gasteiger partial charge in [0.25, 0.3) is 0 Å². The number of amides is 2. The number of urea groups is 1. The number of hydroxylamine groups is 2. The summed E-state index contributed by atoms with van der Waals surface area (Å²) in [6, 6.07) is -3.15. The molecule has 2 aliphatic heterocycles. The van der Waals surface area contributed by atoms with Crippen LogP contribution in [-0.4, -0.2) is 56.8 Å². The molecule has 2 aliphatic rings. The lowest BCUT2D eigenvalue weighted by atomic mass is 9.98. The monoisotopic (exact) mass is 304 g/mol. The van der Waals surface area contributed by atoms with Crippen LogP contribution in [0.2, 0.25) is 0 Å². The summed E-state index contributed by atoms with van der Waals surface area (Å²) in [5.74, 6) is -1.30. The van der Waals surface area contributed by atoms with Gasteiger partial charge in [-0.25, -0.2) is 9.59 Å². The SMILES string of the molecule is O=C(O)[C@@H]1c2[nH]ncc2[C@H]2CN1C(=O)N2OS(=O)(=O)O. The number of carboxylic acid groups (broad SMARTS) is 1. The Morgan fingerprint density at radius 2 is 2.25 bits per heavy atom. The molecule has 2 bridgehead atoms. The van der Waals surface area contributed by atoms with E-state index in [4.69, 9.17) is 4.55 Å². The Kier molecular flexibility index (Phi) is 2.51. The number of rotatable bonds is 3. The van der Waals surface area contributed by atoms with Crippen LogP contribution in [0.4, 0.5) is 4.79 Å². The Labute approximate surface area is 111 Å². The number of aromatic nitrogens is 2. The second-order valence-electron chi connectivity index (χ2n) is 4.26. The van der Waals surface area contributed by atoms with Crippen LogP contribution in [0.15, 0.2) is 6.20 Å². The Morgan fingerprint density at radius 1 is 1.55 bits per heavy atom. The lowest BCUT2D eigenvalue weighted by Crippen LogP contribution is -2.38. The molecule has 0 saturated carbocycles. The van der Waals surface area contributed by atoms with Crippen molar-refractivity contribution < 1.29 is 31.9 Å². The Bertz CT molecular complexity index is 697.